The van der Waals surface area contributed by atoms with Gasteiger partial charge in [0.2, 0.25) is 0 Å². The fourth-order valence-corrected chi connectivity index (χ4v) is 5.27. The van der Waals surface area contributed by atoms with Crippen LogP contribution >= 0.6 is 0 Å². The van der Waals surface area contributed by atoms with Crippen molar-refractivity contribution in [1.29, 1.82) is 0 Å². The highest BCUT2D eigenvalue weighted by Crippen LogP contribution is 2.62. The molecule has 0 heterocycles. The van der Waals surface area contributed by atoms with Crippen LogP contribution in [0.25, 0.3) is 0 Å². The topological polar surface area (TPSA) is 69.4 Å². The first kappa shape index (κ1) is 15.4. The maximum absolute atomic E-state index is 13.0. The zero-order valence-corrected chi connectivity index (χ0v) is 12.5. The molecule has 0 aromatic heterocycles. The minimum absolute atomic E-state index is 0.0703. The molecule has 0 unspecified atom stereocenters. The van der Waals surface area contributed by atoms with E-state index in [2.05, 4.69) is 0 Å². The van der Waals surface area contributed by atoms with Gasteiger partial charge in [0.15, 0.2) is 9.84 Å². The summed E-state index contributed by atoms with van der Waals surface area (Å²) in [6, 6.07) is 5.95. The van der Waals surface area contributed by atoms with Gasteiger partial charge in [-0.15, -0.1) is 0 Å². The number of ether oxygens (including phenoxy) is 1. The average molecular weight is 301 g/mol. The molecule has 3 atom stereocenters. The van der Waals surface area contributed by atoms with Crippen LogP contribution in [0, 0.1) is 11.2 Å². The summed E-state index contributed by atoms with van der Waals surface area (Å²) < 4.78 is 42.8. The van der Waals surface area contributed by atoms with Crippen LogP contribution in [0.1, 0.15) is 18.4 Å². The second kappa shape index (κ2) is 5.42. The molecule has 0 bridgehead atoms. The van der Waals surface area contributed by atoms with E-state index in [1.807, 2.05) is 0 Å². The SMILES string of the molecule is CCS(=O)(=O)[C@@H]1[C@@H](c2ccc(F)cc2)[C@@]1(CN)COC. The van der Waals surface area contributed by atoms with Gasteiger partial charge in [-0.2, -0.15) is 0 Å². The normalized spacial score (nSPS) is 29.4. The van der Waals surface area contributed by atoms with Crippen molar-refractivity contribution in [3.05, 3.63) is 35.6 Å². The van der Waals surface area contributed by atoms with Gasteiger partial charge >= 0.3 is 0 Å². The first-order valence-corrected chi connectivity index (χ1v) is 8.30. The summed E-state index contributed by atoms with van der Waals surface area (Å²) in [5.74, 6) is -0.492. The van der Waals surface area contributed by atoms with Gasteiger partial charge in [-0.25, -0.2) is 12.8 Å². The smallest absolute Gasteiger partial charge is 0.154 e. The van der Waals surface area contributed by atoms with Crippen LogP contribution in [0.2, 0.25) is 0 Å². The molecule has 1 saturated carbocycles. The van der Waals surface area contributed by atoms with Gasteiger partial charge < -0.3 is 10.5 Å². The fraction of sp³-hybridized carbons (Fsp3) is 0.571. The van der Waals surface area contributed by atoms with E-state index < -0.39 is 20.5 Å². The molecular formula is C14H20FNO3S. The minimum atomic E-state index is -3.23. The Morgan fingerprint density at radius 2 is 1.95 bits per heavy atom. The molecule has 112 valence electrons. The lowest BCUT2D eigenvalue weighted by atomic mass is 10.00. The Balaban J connectivity index is 2.42. The van der Waals surface area contributed by atoms with E-state index >= 15 is 0 Å². The number of sulfone groups is 1. The molecular weight excluding hydrogens is 281 g/mol. The monoisotopic (exact) mass is 301 g/mol. The molecule has 0 amide bonds. The number of methoxy groups -OCH3 is 1. The van der Waals surface area contributed by atoms with E-state index in [0.717, 1.165) is 5.56 Å². The number of hydrogen-bond donors (Lipinski definition) is 1. The van der Waals surface area contributed by atoms with Gasteiger partial charge in [0, 0.05) is 30.7 Å². The summed E-state index contributed by atoms with van der Waals surface area (Å²) in [5, 5.41) is -0.546. The Kier molecular flexibility index (Phi) is 4.18. The molecule has 0 saturated heterocycles. The number of rotatable bonds is 6. The average Bonchev–Trinajstić information content (AvgIpc) is 3.10. The van der Waals surface area contributed by atoms with Crippen molar-refractivity contribution in [1.82, 2.24) is 0 Å². The van der Waals surface area contributed by atoms with E-state index in [1.165, 1.54) is 19.2 Å². The van der Waals surface area contributed by atoms with Gasteiger partial charge in [-0.3, -0.25) is 0 Å². The first-order valence-electron chi connectivity index (χ1n) is 6.59. The lowest BCUT2D eigenvalue weighted by Crippen LogP contribution is -2.28. The second-order valence-corrected chi connectivity index (χ2v) is 7.68. The molecule has 1 aliphatic carbocycles. The third-order valence-electron chi connectivity index (χ3n) is 4.19. The highest BCUT2D eigenvalue weighted by Gasteiger charge is 2.69. The molecule has 0 radical (unpaired) electrons. The van der Waals surface area contributed by atoms with Crippen LogP contribution in [-0.2, 0) is 14.6 Å². The van der Waals surface area contributed by atoms with Crippen molar-refractivity contribution >= 4 is 9.84 Å². The summed E-state index contributed by atoms with van der Waals surface area (Å²) in [5.41, 5.74) is 6.04. The zero-order chi connectivity index (χ0) is 15.0. The maximum atomic E-state index is 13.0. The molecule has 4 nitrogen and oxygen atoms in total. The first-order chi connectivity index (χ1) is 9.43. The molecule has 1 aromatic carbocycles. The lowest BCUT2D eigenvalue weighted by molar-refractivity contribution is 0.142. The van der Waals surface area contributed by atoms with Gasteiger partial charge in [0.1, 0.15) is 5.82 Å². The van der Waals surface area contributed by atoms with Gasteiger partial charge in [0.05, 0.1) is 11.9 Å². The van der Waals surface area contributed by atoms with Crippen molar-refractivity contribution in [3.8, 4) is 0 Å². The van der Waals surface area contributed by atoms with Crippen LogP contribution < -0.4 is 5.73 Å². The number of hydrogen-bond acceptors (Lipinski definition) is 4. The van der Waals surface area contributed by atoms with E-state index in [4.69, 9.17) is 10.5 Å². The highest BCUT2D eigenvalue weighted by atomic mass is 32.2. The highest BCUT2D eigenvalue weighted by molar-refractivity contribution is 7.92. The van der Waals surface area contributed by atoms with E-state index in [0.29, 0.717) is 0 Å². The molecule has 6 heteroatoms. The maximum Gasteiger partial charge on any atom is 0.154 e. The molecule has 1 fully saturated rings. The summed E-state index contributed by atoms with van der Waals surface area (Å²) in [7, 11) is -1.69. The van der Waals surface area contributed by atoms with Crippen LogP contribution in [0.15, 0.2) is 24.3 Å². The second-order valence-electron chi connectivity index (χ2n) is 5.27. The predicted molar refractivity (Wildman–Crippen MR) is 75.8 cm³/mol. The van der Waals surface area contributed by atoms with Crippen LogP contribution in [-0.4, -0.2) is 39.7 Å². The molecule has 1 aromatic rings. The Morgan fingerprint density at radius 3 is 2.40 bits per heavy atom. The van der Waals surface area contributed by atoms with Crippen molar-refractivity contribution < 1.29 is 17.5 Å². The Morgan fingerprint density at radius 1 is 1.35 bits per heavy atom. The zero-order valence-electron chi connectivity index (χ0n) is 11.7. The largest absolute Gasteiger partial charge is 0.384 e. The predicted octanol–water partition coefficient (Wildman–Crippen LogP) is 1.32. The van der Waals surface area contributed by atoms with Gasteiger partial charge in [0.25, 0.3) is 0 Å². The molecule has 20 heavy (non-hydrogen) atoms. The summed E-state index contributed by atoms with van der Waals surface area (Å²) in [6.45, 7) is 2.14. The van der Waals surface area contributed by atoms with Crippen molar-refractivity contribution in [2.75, 3.05) is 26.0 Å². The van der Waals surface area contributed by atoms with E-state index in [9.17, 15) is 12.8 Å². The van der Waals surface area contributed by atoms with Crippen molar-refractivity contribution in [2.45, 2.75) is 18.1 Å². The summed E-state index contributed by atoms with van der Waals surface area (Å²) >= 11 is 0. The molecule has 0 spiro atoms. The number of benzene rings is 1. The van der Waals surface area contributed by atoms with Crippen LogP contribution in [0.3, 0.4) is 0 Å². The molecule has 0 aliphatic heterocycles. The summed E-state index contributed by atoms with van der Waals surface area (Å²) in [4.78, 5) is 0. The number of nitrogens with two attached hydrogens (primary N) is 1. The van der Waals surface area contributed by atoms with Crippen LogP contribution in [0.5, 0.6) is 0 Å². The minimum Gasteiger partial charge on any atom is -0.384 e. The van der Waals surface area contributed by atoms with Crippen molar-refractivity contribution in [2.24, 2.45) is 11.1 Å². The molecule has 2 N–H and O–H groups in total. The summed E-state index contributed by atoms with van der Waals surface area (Å²) in [6.07, 6.45) is 0. The van der Waals surface area contributed by atoms with Gasteiger partial charge in [-0.1, -0.05) is 19.1 Å². The lowest BCUT2D eigenvalue weighted by Gasteiger charge is -2.14. The quantitative estimate of drug-likeness (QED) is 0.860. The van der Waals surface area contributed by atoms with Crippen LogP contribution in [0.4, 0.5) is 4.39 Å². The number of halogens is 1. The molecule has 2 rings (SSSR count). The Labute approximate surface area is 119 Å². The molecule has 1 aliphatic rings. The fourth-order valence-electron chi connectivity index (χ4n) is 3.12. The van der Waals surface area contributed by atoms with E-state index in [-0.39, 0.29) is 30.6 Å². The third kappa shape index (κ3) is 2.36. The van der Waals surface area contributed by atoms with E-state index in [1.54, 1.807) is 19.1 Å². The third-order valence-corrected chi connectivity index (χ3v) is 6.51. The standard InChI is InChI=1S/C14H20FNO3S/c1-3-20(17,18)13-12(14(13,8-16)9-19-2)10-4-6-11(15)7-5-10/h4-7,12-13H,3,8-9,16H2,1-2H3/t12-,13-,14-/m1/s1. The Bertz CT molecular complexity index is 573. The Hall–Kier alpha value is -0.980. The van der Waals surface area contributed by atoms with Gasteiger partial charge in [-0.05, 0) is 17.7 Å². The van der Waals surface area contributed by atoms with Crippen molar-refractivity contribution in [3.63, 3.8) is 0 Å².